The third-order valence-electron chi connectivity index (χ3n) is 1.88. The highest BCUT2D eigenvalue weighted by Gasteiger charge is 1.97. The number of allylic oxidation sites excluding steroid dienone is 1. The number of halogens is 1. The normalized spacial score (nSPS) is 12.1. The van der Waals surface area contributed by atoms with Gasteiger partial charge in [-0.1, -0.05) is 34.5 Å². The molecule has 1 rings (SSSR count). The van der Waals surface area contributed by atoms with Gasteiger partial charge in [-0.3, -0.25) is 0 Å². The van der Waals surface area contributed by atoms with Crippen molar-refractivity contribution >= 4 is 33.3 Å². The molecule has 0 amide bonds. The molecule has 0 saturated carbocycles. The van der Waals surface area contributed by atoms with Gasteiger partial charge in [-0.15, -0.1) is 11.3 Å². The van der Waals surface area contributed by atoms with Gasteiger partial charge in [0.25, 0.3) is 0 Å². The Bertz CT molecular complexity index is 267. The summed E-state index contributed by atoms with van der Waals surface area (Å²) in [6.07, 6.45) is 3.40. The third kappa shape index (κ3) is 2.46. The van der Waals surface area contributed by atoms with E-state index in [9.17, 15) is 0 Å². The van der Waals surface area contributed by atoms with E-state index in [0.29, 0.717) is 0 Å². The minimum Gasteiger partial charge on any atom is -0.149 e. The molecule has 0 spiro atoms. The average Bonchev–Trinajstić information content (AvgIpc) is 2.47. The second-order valence-corrected chi connectivity index (χ2v) is 4.40. The highest BCUT2D eigenvalue weighted by Crippen LogP contribution is 2.19. The van der Waals surface area contributed by atoms with Crippen LogP contribution in [0.5, 0.6) is 0 Å². The number of aryl methyl sites for hydroxylation is 1. The zero-order chi connectivity index (χ0) is 8.97. The van der Waals surface area contributed by atoms with Gasteiger partial charge in [-0.2, -0.15) is 0 Å². The Morgan fingerprint density at radius 1 is 1.67 bits per heavy atom. The lowest BCUT2D eigenvalue weighted by Gasteiger charge is -1.98. The summed E-state index contributed by atoms with van der Waals surface area (Å²) in [5, 5.41) is 3.13. The average molecular weight is 245 g/mol. The monoisotopic (exact) mass is 244 g/mol. The molecular formula is C10H13BrS. The molecule has 0 atom stereocenters. The summed E-state index contributed by atoms with van der Waals surface area (Å²) in [6.45, 7) is 4.35. The maximum atomic E-state index is 3.48. The van der Waals surface area contributed by atoms with Gasteiger partial charge in [-0.05, 0) is 30.4 Å². The summed E-state index contributed by atoms with van der Waals surface area (Å²) >= 11 is 5.29. The molecule has 0 N–H and O–H groups in total. The predicted octanol–water partition coefficient (Wildman–Crippen LogP) is 4.24. The SMILES string of the molecule is CC/C(=C/c1ccsc1C)CBr. The molecule has 1 aromatic rings. The quantitative estimate of drug-likeness (QED) is 0.698. The summed E-state index contributed by atoms with van der Waals surface area (Å²) in [6, 6.07) is 2.18. The lowest BCUT2D eigenvalue weighted by Crippen LogP contribution is -1.81. The van der Waals surface area contributed by atoms with E-state index in [1.807, 2.05) is 11.3 Å². The van der Waals surface area contributed by atoms with Crippen LogP contribution >= 0.6 is 27.3 Å². The first-order chi connectivity index (χ1) is 5.77. The van der Waals surface area contributed by atoms with Gasteiger partial charge in [0, 0.05) is 10.2 Å². The smallest absolute Gasteiger partial charge is 0.0245 e. The van der Waals surface area contributed by atoms with E-state index < -0.39 is 0 Å². The predicted molar refractivity (Wildman–Crippen MR) is 61.1 cm³/mol. The van der Waals surface area contributed by atoms with Gasteiger partial charge in [0.15, 0.2) is 0 Å². The number of alkyl halides is 1. The van der Waals surface area contributed by atoms with Crippen LogP contribution in [-0.2, 0) is 0 Å². The van der Waals surface area contributed by atoms with Crippen LogP contribution in [0.4, 0.5) is 0 Å². The van der Waals surface area contributed by atoms with Gasteiger partial charge in [0.2, 0.25) is 0 Å². The maximum Gasteiger partial charge on any atom is 0.0245 e. The molecule has 12 heavy (non-hydrogen) atoms. The molecule has 0 aromatic carbocycles. The lowest BCUT2D eigenvalue weighted by atomic mass is 10.1. The maximum absolute atomic E-state index is 3.48. The van der Waals surface area contributed by atoms with Crippen molar-refractivity contribution in [2.45, 2.75) is 20.3 Å². The zero-order valence-corrected chi connectivity index (χ0v) is 9.83. The fourth-order valence-corrected chi connectivity index (χ4v) is 2.24. The first-order valence-corrected chi connectivity index (χ1v) is 6.07. The molecule has 1 heterocycles. The Morgan fingerprint density at radius 3 is 2.83 bits per heavy atom. The van der Waals surface area contributed by atoms with E-state index in [1.54, 1.807) is 0 Å². The molecular weight excluding hydrogens is 232 g/mol. The summed E-state index contributed by atoms with van der Waals surface area (Å²) in [7, 11) is 0. The first-order valence-electron chi connectivity index (χ1n) is 4.07. The molecule has 0 saturated heterocycles. The Morgan fingerprint density at radius 2 is 2.42 bits per heavy atom. The van der Waals surface area contributed by atoms with E-state index in [2.05, 4.69) is 47.3 Å². The second kappa shape index (κ2) is 4.83. The largest absolute Gasteiger partial charge is 0.149 e. The van der Waals surface area contributed by atoms with Crippen molar-refractivity contribution in [1.29, 1.82) is 0 Å². The lowest BCUT2D eigenvalue weighted by molar-refractivity contribution is 1.12. The van der Waals surface area contributed by atoms with Crippen LogP contribution in [0.3, 0.4) is 0 Å². The molecule has 0 aliphatic rings. The first kappa shape index (κ1) is 10.0. The Hall–Kier alpha value is -0.0800. The van der Waals surface area contributed by atoms with E-state index in [1.165, 1.54) is 16.0 Å². The number of thiophene rings is 1. The highest BCUT2D eigenvalue weighted by molar-refractivity contribution is 9.09. The van der Waals surface area contributed by atoms with Gasteiger partial charge in [0.05, 0.1) is 0 Å². The minimum absolute atomic E-state index is 0.985. The van der Waals surface area contributed by atoms with E-state index in [-0.39, 0.29) is 0 Å². The molecule has 0 aliphatic heterocycles. The van der Waals surface area contributed by atoms with Gasteiger partial charge >= 0.3 is 0 Å². The van der Waals surface area contributed by atoms with Crippen molar-refractivity contribution < 1.29 is 0 Å². The van der Waals surface area contributed by atoms with Crippen molar-refractivity contribution in [3.63, 3.8) is 0 Å². The van der Waals surface area contributed by atoms with Crippen LogP contribution in [0, 0.1) is 6.92 Å². The fraction of sp³-hybridized carbons (Fsp3) is 0.400. The van der Waals surface area contributed by atoms with Crippen LogP contribution in [0.2, 0.25) is 0 Å². The fourth-order valence-electron chi connectivity index (χ4n) is 1.000. The van der Waals surface area contributed by atoms with Gasteiger partial charge in [-0.25, -0.2) is 0 Å². The third-order valence-corrected chi connectivity index (χ3v) is 3.47. The van der Waals surface area contributed by atoms with Crippen LogP contribution in [0.25, 0.3) is 6.08 Å². The van der Waals surface area contributed by atoms with Crippen molar-refractivity contribution in [3.8, 4) is 0 Å². The summed E-state index contributed by atoms with van der Waals surface area (Å²) in [5.74, 6) is 0. The number of rotatable bonds is 3. The second-order valence-electron chi connectivity index (χ2n) is 2.72. The Kier molecular flexibility index (Phi) is 4.02. The highest BCUT2D eigenvalue weighted by atomic mass is 79.9. The molecule has 0 fully saturated rings. The van der Waals surface area contributed by atoms with E-state index in [4.69, 9.17) is 0 Å². The summed E-state index contributed by atoms with van der Waals surface area (Å²) < 4.78 is 0. The molecule has 1 aromatic heterocycles. The van der Waals surface area contributed by atoms with E-state index >= 15 is 0 Å². The topological polar surface area (TPSA) is 0 Å². The van der Waals surface area contributed by atoms with Crippen molar-refractivity contribution in [2.24, 2.45) is 0 Å². The standard InChI is InChI=1S/C10H13BrS/c1-3-9(7-11)6-10-4-5-12-8(10)2/h4-6H,3,7H2,1-2H3/b9-6-. The number of hydrogen-bond donors (Lipinski definition) is 0. The molecule has 0 nitrogen and oxygen atoms in total. The van der Waals surface area contributed by atoms with Crippen LogP contribution < -0.4 is 0 Å². The summed E-state index contributed by atoms with van der Waals surface area (Å²) in [5.41, 5.74) is 2.83. The summed E-state index contributed by atoms with van der Waals surface area (Å²) in [4.78, 5) is 1.40. The molecule has 0 radical (unpaired) electrons. The Labute approximate surface area is 86.4 Å². The van der Waals surface area contributed by atoms with Crippen LogP contribution in [0.15, 0.2) is 17.0 Å². The van der Waals surface area contributed by atoms with E-state index in [0.717, 1.165) is 11.8 Å². The molecule has 66 valence electrons. The van der Waals surface area contributed by atoms with Crippen molar-refractivity contribution in [2.75, 3.05) is 5.33 Å². The molecule has 2 heteroatoms. The molecule has 0 bridgehead atoms. The van der Waals surface area contributed by atoms with Gasteiger partial charge < -0.3 is 0 Å². The zero-order valence-electron chi connectivity index (χ0n) is 7.43. The number of hydrogen-bond acceptors (Lipinski definition) is 1. The van der Waals surface area contributed by atoms with Crippen molar-refractivity contribution in [1.82, 2.24) is 0 Å². The molecule has 0 aliphatic carbocycles. The van der Waals surface area contributed by atoms with Crippen LogP contribution in [0.1, 0.15) is 23.8 Å². The molecule has 0 unspecified atom stereocenters. The van der Waals surface area contributed by atoms with Gasteiger partial charge in [0.1, 0.15) is 0 Å². The Balaban J connectivity index is 2.85. The van der Waals surface area contributed by atoms with Crippen LogP contribution in [-0.4, -0.2) is 5.33 Å². The minimum atomic E-state index is 0.985. The van der Waals surface area contributed by atoms with Crippen molar-refractivity contribution in [3.05, 3.63) is 27.5 Å².